The molecule has 0 spiro atoms. The summed E-state index contributed by atoms with van der Waals surface area (Å²) >= 11 is 0. The number of nitrogens with one attached hydrogen (secondary N) is 1. The zero-order valence-electron chi connectivity index (χ0n) is 13.5. The predicted octanol–water partition coefficient (Wildman–Crippen LogP) is 2.34. The molecule has 2 atom stereocenters. The van der Waals surface area contributed by atoms with Gasteiger partial charge in [-0.05, 0) is 55.4 Å². The second-order valence-corrected chi connectivity index (χ2v) is 6.24. The molecule has 1 aliphatic heterocycles. The molecular weight excluding hydrogens is 278 g/mol. The Morgan fingerprint density at radius 2 is 2.23 bits per heavy atom. The standard InChI is InChI=1S/C18H27NO3/c1-20-17-7-5-14-4-6-16(11-15(14)12-17)19-8-10-21-13-18-3-2-9-22-18/h5,7,12,16,18-19H,2-4,6,8-11,13H2,1H3/t16-,18+/m0/s1. The van der Waals surface area contributed by atoms with Gasteiger partial charge >= 0.3 is 0 Å². The van der Waals surface area contributed by atoms with Gasteiger partial charge in [0, 0.05) is 19.2 Å². The van der Waals surface area contributed by atoms with Crippen molar-refractivity contribution in [2.75, 3.05) is 33.5 Å². The van der Waals surface area contributed by atoms with Gasteiger partial charge in [-0.15, -0.1) is 0 Å². The second-order valence-electron chi connectivity index (χ2n) is 6.24. The van der Waals surface area contributed by atoms with Crippen LogP contribution in [0.25, 0.3) is 0 Å². The first-order valence-electron chi connectivity index (χ1n) is 8.43. The molecule has 122 valence electrons. The number of rotatable bonds is 7. The Hall–Kier alpha value is -1.10. The van der Waals surface area contributed by atoms with Crippen molar-refractivity contribution in [3.05, 3.63) is 29.3 Å². The highest BCUT2D eigenvalue weighted by molar-refractivity contribution is 5.37. The summed E-state index contributed by atoms with van der Waals surface area (Å²) < 4.78 is 16.6. The van der Waals surface area contributed by atoms with Crippen molar-refractivity contribution in [2.24, 2.45) is 0 Å². The Bertz CT molecular complexity index is 471. The number of hydrogen-bond acceptors (Lipinski definition) is 4. The van der Waals surface area contributed by atoms with E-state index in [-0.39, 0.29) is 0 Å². The molecule has 1 N–H and O–H groups in total. The molecule has 22 heavy (non-hydrogen) atoms. The summed E-state index contributed by atoms with van der Waals surface area (Å²) in [6.45, 7) is 3.32. The molecule has 4 nitrogen and oxygen atoms in total. The van der Waals surface area contributed by atoms with E-state index in [0.29, 0.717) is 12.1 Å². The molecule has 3 rings (SSSR count). The number of aryl methyl sites for hydroxylation is 1. The van der Waals surface area contributed by atoms with Crippen LogP contribution in [0.3, 0.4) is 0 Å². The summed E-state index contributed by atoms with van der Waals surface area (Å²) in [7, 11) is 1.73. The summed E-state index contributed by atoms with van der Waals surface area (Å²) in [5.74, 6) is 0.958. The minimum atomic E-state index is 0.328. The summed E-state index contributed by atoms with van der Waals surface area (Å²) in [5, 5.41) is 3.62. The van der Waals surface area contributed by atoms with Gasteiger partial charge in [0.1, 0.15) is 5.75 Å². The van der Waals surface area contributed by atoms with Crippen LogP contribution >= 0.6 is 0 Å². The first-order valence-corrected chi connectivity index (χ1v) is 8.43. The molecule has 1 heterocycles. The van der Waals surface area contributed by atoms with Crippen molar-refractivity contribution in [3.63, 3.8) is 0 Å². The highest BCUT2D eigenvalue weighted by Gasteiger charge is 2.19. The van der Waals surface area contributed by atoms with Crippen LogP contribution in [0, 0.1) is 0 Å². The van der Waals surface area contributed by atoms with Crippen LogP contribution in [-0.4, -0.2) is 45.6 Å². The van der Waals surface area contributed by atoms with Gasteiger partial charge in [-0.25, -0.2) is 0 Å². The smallest absolute Gasteiger partial charge is 0.119 e. The van der Waals surface area contributed by atoms with E-state index in [2.05, 4.69) is 23.5 Å². The molecule has 0 unspecified atom stereocenters. The molecule has 2 aliphatic rings. The van der Waals surface area contributed by atoms with Crippen molar-refractivity contribution < 1.29 is 14.2 Å². The lowest BCUT2D eigenvalue weighted by Crippen LogP contribution is -2.36. The zero-order valence-corrected chi connectivity index (χ0v) is 13.5. The molecule has 1 aliphatic carbocycles. The van der Waals surface area contributed by atoms with Crippen molar-refractivity contribution in [1.82, 2.24) is 5.32 Å². The van der Waals surface area contributed by atoms with Crippen molar-refractivity contribution in [3.8, 4) is 5.75 Å². The first kappa shape index (κ1) is 15.8. The SMILES string of the molecule is COc1ccc2c(c1)C[C@@H](NCCOC[C@H]1CCCO1)CC2. The monoisotopic (exact) mass is 305 g/mol. The van der Waals surface area contributed by atoms with E-state index in [9.17, 15) is 0 Å². The van der Waals surface area contributed by atoms with Gasteiger partial charge in [-0.1, -0.05) is 6.07 Å². The molecule has 1 aromatic carbocycles. The normalized spacial score (nSPS) is 24.2. The second kappa shape index (κ2) is 7.95. The maximum Gasteiger partial charge on any atom is 0.119 e. The minimum Gasteiger partial charge on any atom is -0.497 e. The third-order valence-corrected chi connectivity index (χ3v) is 4.65. The lowest BCUT2D eigenvalue weighted by Gasteiger charge is -2.26. The minimum absolute atomic E-state index is 0.328. The van der Waals surface area contributed by atoms with Gasteiger partial charge in [0.15, 0.2) is 0 Å². The Morgan fingerprint density at radius 3 is 3.05 bits per heavy atom. The third-order valence-electron chi connectivity index (χ3n) is 4.65. The summed E-state index contributed by atoms with van der Waals surface area (Å²) in [6.07, 6.45) is 6.08. The number of fused-ring (bicyclic) bond motifs is 1. The fourth-order valence-electron chi connectivity index (χ4n) is 3.36. The number of methoxy groups -OCH3 is 1. The maximum absolute atomic E-state index is 5.71. The highest BCUT2D eigenvalue weighted by atomic mass is 16.5. The number of ether oxygens (including phenoxy) is 3. The number of benzene rings is 1. The molecule has 0 aromatic heterocycles. The molecule has 1 aromatic rings. The summed E-state index contributed by atoms with van der Waals surface area (Å²) in [6, 6.07) is 6.99. The molecule has 0 bridgehead atoms. The zero-order chi connectivity index (χ0) is 15.2. The molecular formula is C18H27NO3. The van der Waals surface area contributed by atoms with E-state index in [1.165, 1.54) is 24.0 Å². The van der Waals surface area contributed by atoms with E-state index in [1.54, 1.807) is 7.11 Å². The first-order chi connectivity index (χ1) is 10.8. The number of hydrogen-bond donors (Lipinski definition) is 1. The molecule has 0 amide bonds. The Morgan fingerprint density at radius 1 is 1.27 bits per heavy atom. The lowest BCUT2D eigenvalue weighted by molar-refractivity contribution is 0.0177. The molecule has 0 saturated carbocycles. The van der Waals surface area contributed by atoms with E-state index in [4.69, 9.17) is 14.2 Å². The highest BCUT2D eigenvalue weighted by Crippen LogP contribution is 2.25. The van der Waals surface area contributed by atoms with Crippen LogP contribution in [0.15, 0.2) is 18.2 Å². The predicted molar refractivity (Wildman–Crippen MR) is 86.6 cm³/mol. The van der Waals surface area contributed by atoms with Gasteiger partial charge in [-0.3, -0.25) is 0 Å². The van der Waals surface area contributed by atoms with Crippen LogP contribution in [0.4, 0.5) is 0 Å². The fraction of sp³-hybridized carbons (Fsp3) is 0.667. The Balaban J connectivity index is 1.36. The van der Waals surface area contributed by atoms with Gasteiger partial charge < -0.3 is 19.5 Å². The molecule has 0 radical (unpaired) electrons. The van der Waals surface area contributed by atoms with Gasteiger partial charge in [0.05, 0.1) is 26.4 Å². The van der Waals surface area contributed by atoms with Crippen LogP contribution in [-0.2, 0) is 22.3 Å². The van der Waals surface area contributed by atoms with Crippen LogP contribution in [0.5, 0.6) is 5.75 Å². The molecule has 1 saturated heterocycles. The topological polar surface area (TPSA) is 39.7 Å². The van der Waals surface area contributed by atoms with Crippen molar-refractivity contribution >= 4 is 0 Å². The van der Waals surface area contributed by atoms with Gasteiger partial charge in [0.25, 0.3) is 0 Å². The van der Waals surface area contributed by atoms with E-state index >= 15 is 0 Å². The van der Waals surface area contributed by atoms with E-state index in [0.717, 1.165) is 51.4 Å². The Kier molecular flexibility index (Phi) is 5.70. The summed E-state index contributed by atoms with van der Waals surface area (Å²) in [5.41, 5.74) is 2.89. The largest absolute Gasteiger partial charge is 0.497 e. The van der Waals surface area contributed by atoms with E-state index in [1.807, 2.05) is 0 Å². The fourth-order valence-corrected chi connectivity index (χ4v) is 3.36. The maximum atomic E-state index is 5.71. The quantitative estimate of drug-likeness (QED) is 0.785. The van der Waals surface area contributed by atoms with Crippen LogP contribution < -0.4 is 10.1 Å². The van der Waals surface area contributed by atoms with Crippen LogP contribution in [0.2, 0.25) is 0 Å². The Labute approximate surface area is 133 Å². The van der Waals surface area contributed by atoms with Crippen molar-refractivity contribution in [2.45, 2.75) is 44.2 Å². The lowest BCUT2D eigenvalue weighted by atomic mass is 9.88. The summed E-state index contributed by atoms with van der Waals surface area (Å²) in [4.78, 5) is 0. The van der Waals surface area contributed by atoms with Crippen molar-refractivity contribution in [1.29, 1.82) is 0 Å². The average Bonchev–Trinajstić information content (AvgIpc) is 3.07. The van der Waals surface area contributed by atoms with E-state index < -0.39 is 0 Å². The van der Waals surface area contributed by atoms with Crippen LogP contribution in [0.1, 0.15) is 30.4 Å². The average molecular weight is 305 g/mol. The van der Waals surface area contributed by atoms with Gasteiger partial charge in [0.2, 0.25) is 0 Å². The van der Waals surface area contributed by atoms with Gasteiger partial charge in [-0.2, -0.15) is 0 Å². The molecule has 4 heteroatoms. The molecule has 1 fully saturated rings. The third kappa shape index (κ3) is 4.22.